The number of amides is 2. The summed E-state index contributed by atoms with van der Waals surface area (Å²) in [6.07, 6.45) is 7.00. The molecule has 4 nitrogen and oxygen atoms in total. The van der Waals surface area contributed by atoms with E-state index in [0.717, 1.165) is 37.7 Å². The fourth-order valence-corrected chi connectivity index (χ4v) is 2.03. The molecule has 100 valence electrons. The van der Waals surface area contributed by atoms with Gasteiger partial charge in [0.15, 0.2) is 0 Å². The second-order valence-electron chi connectivity index (χ2n) is 5.30. The number of carbonyl (C=O) groups excluding carboxylic acids is 2. The van der Waals surface area contributed by atoms with E-state index in [1.165, 1.54) is 0 Å². The first-order valence-electron chi connectivity index (χ1n) is 6.89. The second kappa shape index (κ2) is 5.55. The maximum absolute atomic E-state index is 12.2. The van der Waals surface area contributed by atoms with Crippen molar-refractivity contribution in [2.45, 2.75) is 58.0 Å². The fraction of sp³-hybridized carbons (Fsp3) is 0.714. The van der Waals surface area contributed by atoms with Crippen LogP contribution in [0, 0.1) is 0 Å². The van der Waals surface area contributed by atoms with Gasteiger partial charge >= 0.3 is 0 Å². The van der Waals surface area contributed by atoms with E-state index < -0.39 is 0 Å². The molecule has 1 N–H and O–H groups in total. The Bertz CT molecular complexity index is 368. The molecule has 0 bridgehead atoms. The van der Waals surface area contributed by atoms with Crippen molar-refractivity contribution >= 4 is 11.8 Å². The summed E-state index contributed by atoms with van der Waals surface area (Å²) >= 11 is 0. The van der Waals surface area contributed by atoms with Gasteiger partial charge in [0.25, 0.3) is 0 Å². The maximum atomic E-state index is 12.2. The smallest absolute Gasteiger partial charge is 0.249 e. The van der Waals surface area contributed by atoms with E-state index in [1.54, 1.807) is 4.90 Å². The molecule has 2 amide bonds. The number of nitrogens with zero attached hydrogens (tertiary/aromatic N) is 1. The molecule has 2 aliphatic rings. The monoisotopic (exact) mass is 250 g/mol. The van der Waals surface area contributed by atoms with E-state index in [-0.39, 0.29) is 24.4 Å². The number of carbonyl (C=O) groups is 2. The van der Waals surface area contributed by atoms with Gasteiger partial charge in [-0.05, 0) is 39.0 Å². The van der Waals surface area contributed by atoms with Gasteiger partial charge in [-0.25, -0.2) is 0 Å². The molecule has 0 aromatic rings. The molecule has 2 rings (SSSR count). The van der Waals surface area contributed by atoms with Gasteiger partial charge in [0, 0.05) is 17.7 Å². The highest BCUT2D eigenvalue weighted by Crippen LogP contribution is 2.28. The third-order valence-corrected chi connectivity index (χ3v) is 3.35. The summed E-state index contributed by atoms with van der Waals surface area (Å²) in [7, 11) is 0. The lowest BCUT2D eigenvalue weighted by Crippen LogP contribution is -2.42. The first kappa shape index (κ1) is 13.1. The van der Waals surface area contributed by atoms with Crippen LogP contribution in [0.4, 0.5) is 0 Å². The predicted molar refractivity (Wildman–Crippen MR) is 69.9 cm³/mol. The predicted octanol–water partition coefficient (Wildman–Crippen LogP) is 1.61. The Labute approximate surface area is 108 Å². The zero-order valence-electron chi connectivity index (χ0n) is 11.2. The lowest BCUT2D eigenvalue weighted by atomic mass is 10.2. The molecule has 18 heavy (non-hydrogen) atoms. The highest BCUT2D eigenvalue weighted by Gasteiger charge is 2.35. The van der Waals surface area contributed by atoms with Gasteiger partial charge in [0.1, 0.15) is 6.54 Å². The summed E-state index contributed by atoms with van der Waals surface area (Å²) in [6.45, 7) is 4.06. The lowest BCUT2D eigenvalue weighted by Gasteiger charge is -2.22. The van der Waals surface area contributed by atoms with Crippen molar-refractivity contribution in [3.05, 3.63) is 11.6 Å². The second-order valence-corrected chi connectivity index (χ2v) is 5.30. The van der Waals surface area contributed by atoms with Crippen LogP contribution in [0.3, 0.4) is 0 Å². The first-order chi connectivity index (χ1) is 8.61. The number of rotatable bonds is 6. The average molecular weight is 250 g/mol. The number of allylic oxidation sites excluding steroid dienone is 1. The van der Waals surface area contributed by atoms with E-state index in [0.29, 0.717) is 6.04 Å². The Morgan fingerprint density at radius 1 is 1.28 bits per heavy atom. The van der Waals surface area contributed by atoms with Crippen molar-refractivity contribution in [3.8, 4) is 0 Å². The molecule has 2 saturated carbocycles. The molecule has 0 heterocycles. The van der Waals surface area contributed by atoms with Gasteiger partial charge in [-0.1, -0.05) is 13.0 Å². The van der Waals surface area contributed by atoms with Crippen LogP contribution < -0.4 is 5.32 Å². The summed E-state index contributed by atoms with van der Waals surface area (Å²) in [5.74, 6) is 0.00680. The zero-order valence-corrected chi connectivity index (χ0v) is 11.2. The fourth-order valence-electron chi connectivity index (χ4n) is 2.03. The minimum Gasteiger partial charge on any atom is -0.352 e. The van der Waals surface area contributed by atoms with Crippen LogP contribution >= 0.6 is 0 Å². The molecule has 0 unspecified atom stereocenters. The molecule has 4 heteroatoms. The Hall–Kier alpha value is -1.32. The van der Waals surface area contributed by atoms with E-state index in [4.69, 9.17) is 0 Å². The van der Waals surface area contributed by atoms with Crippen LogP contribution in [0.25, 0.3) is 0 Å². The molecule has 0 saturated heterocycles. The van der Waals surface area contributed by atoms with E-state index in [2.05, 4.69) is 5.32 Å². The molecular formula is C14H22N2O2. The molecule has 0 atom stereocenters. The maximum Gasteiger partial charge on any atom is 0.249 e. The quantitative estimate of drug-likeness (QED) is 0.728. The van der Waals surface area contributed by atoms with Gasteiger partial charge in [-0.2, -0.15) is 0 Å². The van der Waals surface area contributed by atoms with Gasteiger partial charge in [-0.3, -0.25) is 9.59 Å². The van der Waals surface area contributed by atoms with E-state index in [1.807, 2.05) is 19.9 Å². The Kier molecular flexibility index (Phi) is 4.04. The highest BCUT2D eigenvalue weighted by atomic mass is 16.2. The molecule has 0 spiro atoms. The third-order valence-electron chi connectivity index (χ3n) is 3.35. The van der Waals surface area contributed by atoms with Gasteiger partial charge in [-0.15, -0.1) is 0 Å². The zero-order chi connectivity index (χ0) is 13.1. The number of nitrogens with one attached hydrogen (secondary N) is 1. The lowest BCUT2D eigenvalue weighted by molar-refractivity contribution is -0.133. The Morgan fingerprint density at radius 3 is 2.44 bits per heavy atom. The average Bonchev–Trinajstić information content (AvgIpc) is 3.17. The van der Waals surface area contributed by atoms with Crippen molar-refractivity contribution in [2.24, 2.45) is 0 Å². The van der Waals surface area contributed by atoms with Gasteiger partial charge in [0.2, 0.25) is 11.8 Å². The highest BCUT2D eigenvalue weighted by molar-refractivity contribution is 5.95. The normalized spacial score (nSPS) is 19.6. The Morgan fingerprint density at radius 2 is 1.94 bits per heavy atom. The first-order valence-corrected chi connectivity index (χ1v) is 6.89. The minimum absolute atomic E-state index is 0.0120. The molecule has 0 aromatic heterocycles. The summed E-state index contributed by atoms with van der Waals surface area (Å²) in [4.78, 5) is 25.8. The summed E-state index contributed by atoms with van der Waals surface area (Å²) in [5.41, 5.74) is 0.753. The standard InChI is InChI=1S/C14H22N2O2/c1-3-4-10(2)14(18)16(12-7-8-12)9-13(17)15-11-5-6-11/h4,11-12H,3,5-9H2,1-2H3,(H,15,17)/b10-4-. The van der Waals surface area contributed by atoms with Crippen LogP contribution in [-0.2, 0) is 9.59 Å². The van der Waals surface area contributed by atoms with Crippen LogP contribution in [0.2, 0.25) is 0 Å². The van der Waals surface area contributed by atoms with Crippen molar-refractivity contribution in [3.63, 3.8) is 0 Å². The molecule has 2 fully saturated rings. The Balaban J connectivity index is 1.92. The van der Waals surface area contributed by atoms with Crippen LogP contribution in [0.15, 0.2) is 11.6 Å². The topological polar surface area (TPSA) is 49.4 Å². The molecule has 0 aliphatic heterocycles. The van der Waals surface area contributed by atoms with E-state index >= 15 is 0 Å². The summed E-state index contributed by atoms with van der Waals surface area (Å²) < 4.78 is 0. The molecule has 2 aliphatic carbocycles. The summed E-state index contributed by atoms with van der Waals surface area (Å²) in [6, 6.07) is 0.642. The van der Waals surface area contributed by atoms with Crippen LogP contribution in [0.5, 0.6) is 0 Å². The van der Waals surface area contributed by atoms with Crippen LogP contribution in [-0.4, -0.2) is 35.3 Å². The van der Waals surface area contributed by atoms with Crippen molar-refractivity contribution in [2.75, 3.05) is 6.54 Å². The SMILES string of the molecule is CC/C=C(/C)C(=O)N(CC(=O)NC1CC1)C1CC1. The number of hydrogen-bond acceptors (Lipinski definition) is 2. The summed E-state index contributed by atoms with van der Waals surface area (Å²) in [5, 5.41) is 2.94. The third kappa shape index (κ3) is 3.59. The number of hydrogen-bond donors (Lipinski definition) is 1. The van der Waals surface area contributed by atoms with Crippen molar-refractivity contribution in [1.29, 1.82) is 0 Å². The molecule has 0 radical (unpaired) electrons. The van der Waals surface area contributed by atoms with Gasteiger partial charge < -0.3 is 10.2 Å². The van der Waals surface area contributed by atoms with E-state index in [9.17, 15) is 9.59 Å². The minimum atomic E-state index is -0.0120. The van der Waals surface area contributed by atoms with Crippen molar-refractivity contribution in [1.82, 2.24) is 10.2 Å². The molecular weight excluding hydrogens is 228 g/mol. The van der Waals surface area contributed by atoms with Gasteiger partial charge in [0.05, 0.1) is 0 Å². The molecule has 0 aromatic carbocycles. The largest absolute Gasteiger partial charge is 0.352 e. The van der Waals surface area contributed by atoms with Crippen LogP contribution in [0.1, 0.15) is 46.0 Å². The van der Waals surface area contributed by atoms with Crippen molar-refractivity contribution < 1.29 is 9.59 Å².